The van der Waals surface area contributed by atoms with Crippen molar-refractivity contribution in [2.24, 2.45) is 0 Å². The van der Waals surface area contributed by atoms with Gasteiger partial charge in [0.15, 0.2) is 0 Å². The van der Waals surface area contributed by atoms with Crippen molar-refractivity contribution in [1.82, 2.24) is 14.8 Å². The van der Waals surface area contributed by atoms with Gasteiger partial charge in [-0.15, -0.1) is 0 Å². The van der Waals surface area contributed by atoms with Gasteiger partial charge in [-0.25, -0.2) is 9.78 Å². The standard InChI is InChI=1S/C21H27N3O3.C2HF3O2/c1-3-15-4-6-16(7-5-15)12-23-10-9-19-18(14-23)22-20(27-19)21(25)24-11-8-17(13-24)26-2;3-2(4,5)1(6)7/h4-7,17H,3,8-14H2,1-2H3;(H,6,7). The van der Waals surface area contributed by atoms with E-state index in [2.05, 4.69) is 41.1 Å². The van der Waals surface area contributed by atoms with Crippen molar-refractivity contribution in [1.29, 1.82) is 0 Å². The Kier molecular flexibility index (Phi) is 8.32. The highest BCUT2D eigenvalue weighted by Gasteiger charge is 2.38. The van der Waals surface area contributed by atoms with Crippen LogP contribution in [0.1, 0.15) is 46.6 Å². The zero-order chi connectivity index (χ0) is 24.9. The van der Waals surface area contributed by atoms with Gasteiger partial charge in [-0.3, -0.25) is 9.69 Å². The molecular weight excluding hydrogens is 455 g/mol. The number of aliphatic carboxylic acids is 1. The van der Waals surface area contributed by atoms with E-state index in [1.165, 1.54) is 11.1 Å². The minimum Gasteiger partial charge on any atom is -0.475 e. The molecule has 2 aliphatic rings. The molecule has 4 rings (SSSR count). The molecular formula is C23H28F3N3O5. The number of likely N-dealkylation sites (tertiary alicyclic amines) is 1. The molecule has 1 aromatic heterocycles. The van der Waals surface area contributed by atoms with E-state index in [0.717, 1.165) is 50.4 Å². The SMILES string of the molecule is CCc1ccc(CN2CCc3oc(C(=O)N4CCC(OC)C4)nc3C2)cc1.O=C(O)C(F)(F)F. The number of oxazole rings is 1. The Balaban J connectivity index is 0.000000406. The van der Waals surface area contributed by atoms with E-state index in [-0.39, 0.29) is 17.9 Å². The highest BCUT2D eigenvalue weighted by molar-refractivity contribution is 5.90. The molecule has 1 aromatic carbocycles. The monoisotopic (exact) mass is 483 g/mol. The fourth-order valence-electron chi connectivity index (χ4n) is 3.86. The van der Waals surface area contributed by atoms with Crippen LogP contribution in [-0.2, 0) is 35.5 Å². The van der Waals surface area contributed by atoms with Crippen LogP contribution in [0.4, 0.5) is 13.2 Å². The lowest BCUT2D eigenvalue weighted by molar-refractivity contribution is -0.192. The predicted octanol–water partition coefficient (Wildman–Crippen LogP) is 3.29. The Hall–Kier alpha value is -2.92. The third kappa shape index (κ3) is 6.57. The Morgan fingerprint density at radius 2 is 1.85 bits per heavy atom. The smallest absolute Gasteiger partial charge is 0.475 e. The van der Waals surface area contributed by atoms with Crippen LogP contribution in [0.2, 0.25) is 0 Å². The normalized spacial score (nSPS) is 18.3. The average molecular weight is 483 g/mol. The van der Waals surface area contributed by atoms with Crippen LogP contribution in [0.15, 0.2) is 28.7 Å². The summed E-state index contributed by atoms with van der Waals surface area (Å²) in [5.41, 5.74) is 3.56. The third-order valence-corrected chi connectivity index (χ3v) is 5.84. The summed E-state index contributed by atoms with van der Waals surface area (Å²) >= 11 is 0. The van der Waals surface area contributed by atoms with Gasteiger partial charge in [-0.2, -0.15) is 13.2 Å². The number of aryl methyl sites for hydroxylation is 1. The summed E-state index contributed by atoms with van der Waals surface area (Å²) in [7, 11) is 1.69. The Morgan fingerprint density at radius 1 is 1.21 bits per heavy atom. The highest BCUT2D eigenvalue weighted by atomic mass is 19.4. The fraction of sp³-hybridized carbons (Fsp3) is 0.522. The second-order valence-corrected chi connectivity index (χ2v) is 8.22. The summed E-state index contributed by atoms with van der Waals surface area (Å²) < 4.78 is 42.9. The van der Waals surface area contributed by atoms with Crippen LogP contribution < -0.4 is 0 Å². The van der Waals surface area contributed by atoms with Gasteiger partial charge in [-0.1, -0.05) is 31.2 Å². The number of benzene rings is 1. The molecule has 0 saturated carbocycles. The number of amides is 1. The summed E-state index contributed by atoms with van der Waals surface area (Å²) in [6.07, 6.45) is -2.24. The minimum atomic E-state index is -5.08. The largest absolute Gasteiger partial charge is 0.490 e. The maximum atomic E-state index is 12.7. The number of aromatic nitrogens is 1. The maximum Gasteiger partial charge on any atom is 0.490 e. The Bertz CT molecular complexity index is 991. The molecule has 1 fully saturated rings. The first-order chi connectivity index (χ1) is 16.1. The van der Waals surface area contributed by atoms with Crippen LogP contribution in [0.3, 0.4) is 0 Å². The molecule has 0 bridgehead atoms. The number of carboxylic acid groups (broad SMARTS) is 1. The molecule has 1 N–H and O–H groups in total. The van der Waals surface area contributed by atoms with Crippen molar-refractivity contribution in [3.05, 3.63) is 52.7 Å². The number of nitrogens with zero attached hydrogens (tertiary/aromatic N) is 3. The van der Waals surface area contributed by atoms with E-state index in [9.17, 15) is 18.0 Å². The van der Waals surface area contributed by atoms with Crippen molar-refractivity contribution in [3.63, 3.8) is 0 Å². The molecule has 2 aliphatic heterocycles. The van der Waals surface area contributed by atoms with Gasteiger partial charge < -0.3 is 19.2 Å². The number of halogens is 3. The molecule has 1 unspecified atom stereocenters. The first-order valence-corrected chi connectivity index (χ1v) is 11.0. The van der Waals surface area contributed by atoms with Crippen LogP contribution in [0.25, 0.3) is 0 Å². The number of carbonyl (C=O) groups is 2. The molecule has 11 heteroatoms. The number of carboxylic acids is 1. The number of fused-ring (bicyclic) bond motifs is 1. The summed E-state index contributed by atoms with van der Waals surface area (Å²) in [5.74, 6) is -1.79. The van der Waals surface area contributed by atoms with Gasteiger partial charge in [0.05, 0.1) is 11.8 Å². The topological polar surface area (TPSA) is 96.1 Å². The number of hydrogen-bond acceptors (Lipinski definition) is 6. The molecule has 2 aromatic rings. The van der Waals surface area contributed by atoms with Crippen molar-refractivity contribution >= 4 is 11.9 Å². The van der Waals surface area contributed by atoms with E-state index >= 15 is 0 Å². The van der Waals surface area contributed by atoms with Gasteiger partial charge in [0, 0.05) is 46.3 Å². The van der Waals surface area contributed by atoms with Gasteiger partial charge in [-0.05, 0) is 24.0 Å². The summed E-state index contributed by atoms with van der Waals surface area (Å²) in [5, 5.41) is 7.12. The van der Waals surface area contributed by atoms with Crippen LogP contribution in [0.5, 0.6) is 0 Å². The van der Waals surface area contributed by atoms with Gasteiger partial charge in [0.1, 0.15) is 5.76 Å². The third-order valence-electron chi connectivity index (χ3n) is 5.84. The lowest BCUT2D eigenvalue weighted by atomic mass is 10.1. The molecule has 1 atom stereocenters. The molecule has 34 heavy (non-hydrogen) atoms. The van der Waals surface area contributed by atoms with E-state index in [4.69, 9.17) is 19.1 Å². The predicted molar refractivity (Wildman–Crippen MR) is 115 cm³/mol. The molecule has 1 amide bonds. The molecule has 8 nitrogen and oxygen atoms in total. The molecule has 0 radical (unpaired) electrons. The molecule has 0 aliphatic carbocycles. The van der Waals surface area contributed by atoms with Crippen LogP contribution in [0, 0.1) is 0 Å². The number of hydrogen-bond donors (Lipinski definition) is 1. The molecule has 0 spiro atoms. The lowest BCUT2D eigenvalue weighted by Gasteiger charge is -2.25. The number of ether oxygens (including phenoxy) is 1. The first kappa shape index (κ1) is 25.7. The average Bonchev–Trinajstić information content (AvgIpc) is 3.46. The summed E-state index contributed by atoms with van der Waals surface area (Å²) in [6.45, 7) is 6.01. The molecule has 3 heterocycles. The van der Waals surface area contributed by atoms with E-state index in [1.807, 2.05) is 0 Å². The molecule has 1 saturated heterocycles. The number of carbonyl (C=O) groups excluding carboxylic acids is 1. The summed E-state index contributed by atoms with van der Waals surface area (Å²) in [6, 6.07) is 8.79. The minimum absolute atomic E-state index is 0.119. The number of methoxy groups -OCH3 is 1. The van der Waals surface area contributed by atoms with E-state index in [0.29, 0.717) is 13.1 Å². The van der Waals surface area contributed by atoms with Crippen LogP contribution >= 0.6 is 0 Å². The first-order valence-electron chi connectivity index (χ1n) is 11.0. The van der Waals surface area contributed by atoms with Crippen molar-refractivity contribution in [2.75, 3.05) is 26.7 Å². The fourth-order valence-corrected chi connectivity index (χ4v) is 3.86. The highest BCUT2D eigenvalue weighted by Crippen LogP contribution is 2.23. The zero-order valence-corrected chi connectivity index (χ0v) is 19.1. The second-order valence-electron chi connectivity index (χ2n) is 8.22. The Morgan fingerprint density at radius 3 is 2.41 bits per heavy atom. The van der Waals surface area contributed by atoms with Crippen molar-refractivity contribution < 1.29 is 37.0 Å². The van der Waals surface area contributed by atoms with Crippen molar-refractivity contribution in [2.45, 2.75) is 51.6 Å². The zero-order valence-electron chi connectivity index (χ0n) is 19.1. The van der Waals surface area contributed by atoms with Gasteiger partial charge >= 0.3 is 18.1 Å². The number of alkyl halides is 3. The van der Waals surface area contributed by atoms with E-state index in [1.54, 1.807) is 12.0 Å². The summed E-state index contributed by atoms with van der Waals surface area (Å²) in [4.78, 5) is 30.2. The molecule has 186 valence electrons. The number of rotatable bonds is 5. The van der Waals surface area contributed by atoms with Crippen molar-refractivity contribution in [3.8, 4) is 0 Å². The second kappa shape index (κ2) is 11.0. The van der Waals surface area contributed by atoms with Gasteiger partial charge in [0.25, 0.3) is 5.89 Å². The van der Waals surface area contributed by atoms with E-state index < -0.39 is 12.1 Å². The Labute approximate surface area is 195 Å². The maximum absolute atomic E-state index is 12.7. The quantitative estimate of drug-likeness (QED) is 0.697. The van der Waals surface area contributed by atoms with Crippen LogP contribution in [-0.4, -0.2) is 70.8 Å². The lowest BCUT2D eigenvalue weighted by Crippen LogP contribution is -2.30. The van der Waals surface area contributed by atoms with Gasteiger partial charge in [0.2, 0.25) is 0 Å².